The van der Waals surface area contributed by atoms with Crippen molar-refractivity contribution in [3.8, 4) is 17.2 Å². The van der Waals surface area contributed by atoms with Crippen LogP contribution < -0.4 is 19.6 Å². The molecule has 1 aliphatic rings. The van der Waals surface area contributed by atoms with Gasteiger partial charge in [-0.25, -0.2) is 5.43 Å². The fourth-order valence-corrected chi connectivity index (χ4v) is 2.66. The lowest BCUT2D eigenvalue weighted by molar-refractivity contribution is 0.0952. The standard InChI is InChI=1S/C17H15BrN2O4/c1-22-14-5-3-2-4-12(14)17(21)20-19-10-11-8-15-16(9-13(11)18)24-7-6-23-15/h2-5,8-10H,6-7H2,1H3,(H,20,21). The molecule has 0 spiro atoms. The lowest BCUT2D eigenvalue weighted by atomic mass is 10.2. The number of hydrazone groups is 1. The molecule has 2 aromatic carbocycles. The molecule has 1 heterocycles. The van der Waals surface area contributed by atoms with Crippen LogP contribution in [0.15, 0.2) is 46.0 Å². The number of amides is 1. The molecule has 7 heteroatoms. The fraction of sp³-hybridized carbons (Fsp3) is 0.176. The zero-order valence-electron chi connectivity index (χ0n) is 12.9. The Labute approximate surface area is 147 Å². The van der Waals surface area contributed by atoms with Gasteiger partial charge in [-0.15, -0.1) is 0 Å². The molecular weight excluding hydrogens is 376 g/mol. The van der Waals surface area contributed by atoms with Crippen molar-refractivity contribution in [2.45, 2.75) is 0 Å². The summed E-state index contributed by atoms with van der Waals surface area (Å²) in [7, 11) is 1.52. The van der Waals surface area contributed by atoms with Gasteiger partial charge in [0.15, 0.2) is 11.5 Å². The average Bonchev–Trinajstić information content (AvgIpc) is 2.62. The molecule has 1 N–H and O–H groups in total. The van der Waals surface area contributed by atoms with Crippen LogP contribution in [0.4, 0.5) is 0 Å². The molecule has 124 valence electrons. The number of para-hydroxylation sites is 1. The number of fused-ring (bicyclic) bond motifs is 1. The van der Waals surface area contributed by atoms with E-state index >= 15 is 0 Å². The van der Waals surface area contributed by atoms with Gasteiger partial charge in [0, 0.05) is 10.0 Å². The van der Waals surface area contributed by atoms with Crippen LogP contribution in [-0.4, -0.2) is 32.4 Å². The Hall–Kier alpha value is -2.54. The highest BCUT2D eigenvalue weighted by Crippen LogP contribution is 2.34. The van der Waals surface area contributed by atoms with Crippen LogP contribution >= 0.6 is 15.9 Å². The Kier molecular flexibility index (Phi) is 5.00. The maximum absolute atomic E-state index is 12.2. The van der Waals surface area contributed by atoms with E-state index in [2.05, 4.69) is 26.5 Å². The van der Waals surface area contributed by atoms with Crippen molar-refractivity contribution in [2.24, 2.45) is 5.10 Å². The molecule has 24 heavy (non-hydrogen) atoms. The minimum Gasteiger partial charge on any atom is -0.496 e. The van der Waals surface area contributed by atoms with Crippen molar-refractivity contribution in [1.82, 2.24) is 5.43 Å². The number of hydrogen-bond acceptors (Lipinski definition) is 5. The molecule has 0 aliphatic carbocycles. The Balaban J connectivity index is 1.73. The molecule has 3 rings (SSSR count). The highest BCUT2D eigenvalue weighted by atomic mass is 79.9. The minimum absolute atomic E-state index is 0.350. The third kappa shape index (κ3) is 3.51. The van der Waals surface area contributed by atoms with E-state index in [4.69, 9.17) is 14.2 Å². The maximum Gasteiger partial charge on any atom is 0.275 e. The van der Waals surface area contributed by atoms with Gasteiger partial charge in [0.25, 0.3) is 5.91 Å². The minimum atomic E-state index is -0.350. The van der Waals surface area contributed by atoms with Crippen LogP contribution in [-0.2, 0) is 0 Å². The monoisotopic (exact) mass is 390 g/mol. The topological polar surface area (TPSA) is 69.2 Å². The summed E-state index contributed by atoms with van der Waals surface area (Å²) >= 11 is 3.45. The Morgan fingerprint density at radius 2 is 1.96 bits per heavy atom. The third-order valence-corrected chi connectivity index (χ3v) is 4.07. The van der Waals surface area contributed by atoms with Crippen LogP contribution in [0, 0.1) is 0 Å². The van der Waals surface area contributed by atoms with Gasteiger partial charge in [0.05, 0.1) is 18.9 Å². The van der Waals surface area contributed by atoms with Gasteiger partial charge in [-0.2, -0.15) is 5.10 Å². The van der Waals surface area contributed by atoms with E-state index in [0.717, 1.165) is 10.0 Å². The van der Waals surface area contributed by atoms with Gasteiger partial charge in [-0.1, -0.05) is 12.1 Å². The highest BCUT2D eigenvalue weighted by Gasteiger charge is 2.14. The van der Waals surface area contributed by atoms with E-state index in [9.17, 15) is 4.79 Å². The highest BCUT2D eigenvalue weighted by molar-refractivity contribution is 9.10. The quantitative estimate of drug-likeness (QED) is 0.643. The summed E-state index contributed by atoms with van der Waals surface area (Å²) < 4.78 is 17.0. The number of halogens is 1. The molecule has 0 saturated carbocycles. The second kappa shape index (κ2) is 7.35. The third-order valence-electron chi connectivity index (χ3n) is 3.38. The zero-order valence-corrected chi connectivity index (χ0v) is 14.5. The first-order valence-corrected chi connectivity index (χ1v) is 8.04. The molecule has 0 bridgehead atoms. The van der Waals surface area contributed by atoms with Crippen molar-refractivity contribution in [3.63, 3.8) is 0 Å². The Morgan fingerprint density at radius 3 is 2.71 bits per heavy atom. The normalized spacial score (nSPS) is 12.9. The molecule has 6 nitrogen and oxygen atoms in total. The van der Waals surface area contributed by atoms with Gasteiger partial charge in [-0.05, 0) is 40.2 Å². The largest absolute Gasteiger partial charge is 0.496 e. The van der Waals surface area contributed by atoms with Crippen molar-refractivity contribution in [1.29, 1.82) is 0 Å². The predicted octanol–water partition coefficient (Wildman–Crippen LogP) is 2.99. The van der Waals surface area contributed by atoms with Gasteiger partial charge in [0.1, 0.15) is 19.0 Å². The predicted molar refractivity (Wildman–Crippen MR) is 93.2 cm³/mol. The summed E-state index contributed by atoms with van der Waals surface area (Å²) in [6, 6.07) is 10.6. The number of carbonyl (C=O) groups excluding carboxylic acids is 1. The first kappa shape index (κ1) is 16.3. The van der Waals surface area contributed by atoms with Crippen molar-refractivity contribution < 1.29 is 19.0 Å². The van der Waals surface area contributed by atoms with Crippen molar-refractivity contribution >= 4 is 28.1 Å². The number of nitrogens with zero attached hydrogens (tertiary/aromatic N) is 1. The zero-order chi connectivity index (χ0) is 16.9. The second-order valence-electron chi connectivity index (χ2n) is 4.92. The first-order chi connectivity index (χ1) is 11.7. The summed E-state index contributed by atoms with van der Waals surface area (Å²) in [5, 5.41) is 4.00. The molecule has 2 aromatic rings. The SMILES string of the molecule is COc1ccccc1C(=O)NN=Cc1cc2c(cc1Br)OCCO2. The summed E-state index contributed by atoms with van der Waals surface area (Å²) in [5.41, 5.74) is 3.67. The lowest BCUT2D eigenvalue weighted by Crippen LogP contribution is -2.18. The van der Waals surface area contributed by atoms with Gasteiger partial charge >= 0.3 is 0 Å². The molecule has 0 saturated heterocycles. The number of rotatable bonds is 4. The Bertz CT molecular complexity index is 792. The van der Waals surface area contributed by atoms with E-state index in [1.54, 1.807) is 30.3 Å². The van der Waals surface area contributed by atoms with E-state index in [1.165, 1.54) is 13.3 Å². The number of benzene rings is 2. The smallest absolute Gasteiger partial charge is 0.275 e. The van der Waals surface area contributed by atoms with Crippen molar-refractivity contribution in [3.05, 3.63) is 52.0 Å². The summed E-state index contributed by atoms with van der Waals surface area (Å²) in [4.78, 5) is 12.2. The second-order valence-corrected chi connectivity index (χ2v) is 5.77. The van der Waals surface area contributed by atoms with E-state index < -0.39 is 0 Å². The number of nitrogens with one attached hydrogen (secondary N) is 1. The summed E-state index contributed by atoms with van der Waals surface area (Å²) in [5.74, 6) is 1.48. The van der Waals surface area contributed by atoms with Crippen LogP contribution in [0.5, 0.6) is 17.2 Å². The maximum atomic E-state index is 12.2. The molecule has 0 fully saturated rings. The number of ether oxygens (including phenoxy) is 3. The van der Waals surface area contributed by atoms with Crippen LogP contribution in [0.1, 0.15) is 15.9 Å². The lowest BCUT2D eigenvalue weighted by Gasteiger charge is -2.19. The number of methoxy groups -OCH3 is 1. The van der Waals surface area contributed by atoms with Crippen molar-refractivity contribution in [2.75, 3.05) is 20.3 Å². The average molecular weight is 391 g/mol. The number of hydrogen-bond donors (Lipinski definition) is 1. The molecule has 0 atom stereocenters. The Morgan fingerprint density at radius 1 is 1.25 bits per heavy atom. The molecular formula is C17H15BrN2O4. The summed E-state index contributed by atoms with van der Waals surface area (Å²) in [6.45, 7) is 1.04. The van der Waals surface area contributed by atoms with Crippen LogP contribution in [0.25, 0.3) is 0 Å². The molecule has 0 unspecified atom stereocenters. The summed E-state index contributed by atoms with van der Waals surface area (Å²) in [6.07, 6.45) is 1.54. The molecule has 1 aliphatic heterocycles. The van der Waals surface area contributed by atoms with Crippen LogP contribution in [0.2, 0.25) is 0 Å². The molecule has 0 aromatic heterocycles. The molecule has 0 radical (unpaired) electrons. The molecule has 1 amide bonds. The fourth-order valence-electron chi connectivity index (χ4n) is 2.23. The van der Waals surface area contributed by atoms with Gasteiger partial charge in [-0.3, -0.25) is 4.79 Å². The van der Waals surface area contributed by atoms with Crippen LogP contribution in [0.3, 0.4) is 0 Å². The van der Waals surface area contributed by atoms with E-state index in [1.807, 2.05) is 6.07 Å². The number of carbonyl (C=O) groups is 1. The first-order valence-electron chi connectivity index (χ1n) is 7.24. The van der Waals surface area contributed by atoms with Gasteiger partial charge < -0.3 is 14.2 Å². The van der Waals surface area contributed by atoms with E-state index in [0.29, 0.717) is 36.0 Å². The van der Waals surface area contributed by atoms with E-state index in [-0.39, 0.29) is 5.91 Å². The van der Waals surface area contributed by atoms with Gasteiger partial charge in [0.2, 0.25) is 0 Å².